The van der Waals surface area contributed by atoms with E-state index in [9.17, 15) is 4.79 Å². The molecule has 0 unspecified atom stereocenters. The van der Waals surface area contributed by atoms with Crippen molar-refractivity contribution in [2.45, 2.75) is 143 Å². The molecule has 0 rings (SSSR count). The Morgan fingerprint density at radius 2 is 0.786 bits per heavy atom. The van der Waals surface area contributed by atoms with Crippen molar-refractivity contribution in [3.63, 3.8) is 0 Å². The third-order valence-corrected chi connectivity index (χ3v) is 6.37. The SMILES string of the molecule is CCCCCCCCCCCCCCCCCC(=O)OCCCC.CCOCC.OCCOCCOCCOCCO. The average molecular weight is 609 g/mol. The van der Waals surface area contributed by atoms with Gasteiger partial charge in [0.2, 0.25) is 0 Å². The van der Waals surface area contributed by atoms with Crippen LogP contribution in [0.5, 0.6) is 0 Å². The molecule has 0 saturated heterocycles. The molecule has 0 aliphatic heterocycles. The topological polar surface area (TPSA) is 104 Å². The van der Waals surface area contributed by atoms with Gasteiger partial charge in [0.05, 0.1) is 59.5 Å². The van der Waals surface area contributed by atoms with Crippen molar-refractivity contribution in [1.29, 1.82) is 0 Å². The molecule has 8 nitrogen and oxygen atoms in total. The highest BCUT2D eigenvalue weighted by molar-refractivity contribution is 5.69. The summed E-state index contributed by atoms with van der Waals surface area (Å²) < 4.78 is 25.0. The van der Waals surface area contributed by atoms with Crippen molar-refractivity contribution in [1.82, 2.24) is 0 Å². The largest absolute Gasteiger partial charge is 0.466 e. The Kier molecular flexibility index (Phi) is 51.3. The normalized spacial score (nSPS) is 10.5. The summed E-state index contributed by atoms with van der Waals surface area (Å²) in [5.74, 6) is -0.00172. The summed E-state index contributed by atoms with van der Waals surface area (Å²) in [6.07, 6.45) is 23.1. The summed E-state index contributed by atoms with van der Waals surface area (Å²) in [5, 5.41) is 16.7. The minimum Gasteiger partial charge on any atom is -0.466 e. The third-order valence-electron chi connectivity index (χ3n) is 6.37. The molecule has 0 atom stereocenters. The van der Waals surface area contributed by atoms with E-state index in [0.717, 1.165) is 32.5 Å². The molecule has 0 amide bonds. The molecule has 0 aromatic carbocycles. The first kappa shape index (κ1) is 45.7. The average Bonchev–Trinajstić information content (AvgIpc) is 2.99. The number of aliphatic hydroxyl groups is 2. The van der Waals surface area contributed by atoms with Crippen molar-refractivity contribution < 1.29 is 38.7 Å². The van der Waals surface area contributed by atoms with Gasteiger partial charge in [0, 0.05) is 19.6 Å². The zero-order valence-corrected chi connectivity index (χ0v) is 28.4. The lowest BCUT2D eigenvalue weighted by molar-refractivity contribution is -0.143. The summed E-state index contributed by atoms with van der Waals surface area (Å²) in [6.45, 7) is 13.4. The standard InChI is InChI=1S/C22H44O2.C8H18O5.C4H10O/c1-3-5-7-8-9-10-11-12-13-14-15-16-17-18-19-20-22(23)24-21-6-4-2;9-1-3-11-5-7-13-8-6-12-4-2-10;1-3-5-4-2/h3-21H2,1-2H3;9-10H,1-8H2;3-4H2,1-2H3. The molecule has 42 heavy (non-hydrogen) atoms. The number of carbonyl (C=O) groups excluding carboxylic acids is 1. The summed E-state index contributed by atoms with van der Waals surface area (Å²) in [7, 11) is 0. The Bertz CT molecular complexity index is 439. The van der Waals surface area contributed by atoms with Crippen LogP contribution in [0.25, 0.3) is 0 Å². The number of rotatable bonds is 31. The highest BCUT2D eigenvalue weighted by atomic mass is 16.5. The Morgan fingerprint density at radius 1 is 0.429 bits per heavy atom. The van der Waals surface area contributed by atoms with Gasteiger partial charge in [-0.15, -0.1) is 0 Å². The van der Waals surface area contributed by atoms with Crippen molar-refractivity contribution in [2.24, 2.45) is 0 Å². The highest BCUT2D eigenvalue weighted by Crippen LogP contribution is 2.13. The molecule has 0 aromatic heterocycles. The van der Waals surface area contributed by atoms with Crippen molar-refractivity contribution in [2.75, 3.05) is 72.7 Å². The summed E-state index contributed by atoms with van der Waals surface area (Å²) >= 11 is 0. The van der Waals surface area contributed by atoms with E-state index in [0.29, 0.717) is 52.7 Å². The van der Waals surface area contributed by atoms with Crippen LogP contribution in [-0.4, -0.2) is 88.9 Å². The van der Waals surface area contributed by atoms with E-state index >= 15 is 0 Å². The number of hydrogen-bond acceptors (Lipinski definition) is 8. The molecular formula is C34H72O8. The molecule has 256 valence electrons. The molecular weight excluding hydrogens is 536 g/mol. The van der Waals surface area contributed by atoms with E-state index in [2.05, 4.69) is 13.8 Å². The molecule has 2 N–H and O–H groups in total. The Balaban J connectivity index is -0.000000702. The number of hydrogen-bond donors (Lipinski definition) is 2. The smallest absolute Gasteiger partial charge is 0.305 e. The van der Waals surface area contributed by atoms with Crippen LogP contribution < -0.4 is 0 Å². The van der Waals surface area contributed by atoms with Crippen LogP contribution in [-0.2, 0) is 28.5 Å². The molecule has 0 spiro atoms. The summed E-state index contributed by atoms with van der Waals surface area (Å²) in [6, 6.07) is 0. The second kappa shape index (κ2) is 47.2. The predicted octanol–water partition coefficient (Wildman–Crippen LogP) is 7.65. The summed E-state index contributed by atoms with van der Waals surface area (Å²) in [4.78, 5) is 11.4. The van der Waals surface area contributed by atoms with Gasteiger partial charge in [0.25, 0.3) is 0 Å². The summed E-state index contributed by atoms with van der Waals surface area (Å²) in [5.41, 5.74) is 0. The van der Waals surface area contributed by atoms with Crippen LogP contribution >= 0.6 is 0 Å². The van der Waals surface area contributed by atoms with Crippen LogP contribution in [0.15, 0.2) is 0 Å². The molecule has 0 aromatic rings. The molecule has 0 aliphatic rings. The zero-order valence-electron chi connectivity index (χ0n) is 28.4. The highest BCUT2D eigenvalue weighted by Gasteiger charge is 2.02. The van der Waals surface area contributed by atoms with Gasteiger partial charge in [-0.1, -0.05) is 110 Å². The van der Waals surface area contributed by atoms with Crippen LogP contribution in [0, 0.1) is 0 Å². The number of unbranched alkanes of at least 4 members (excludes halogenated alkanes) is 15. The van der Waals surface area contributed by atoms with Crippen LogP contribution in [0.1, 0.15) is 143 Å². The Labute approximate surface area is 260 Å². The monoisotopic (exact) mass is 609 g/mol. The lowest BCUT2D eigenvalue weighted by Crippen LogP contribution is -2.11. The maximum atomic E-state index is 11.4. The second-order valence-corrected chi connectivity index (χ2v) is 10.3. The van der Waals surface area contributed by atoms with E-state index in [-0.39, 0.29) is 19.2 Å². The van der Waals surface area contributed by atoms with Gasteiger partial charge in [0.1, 0.15) is 0 Å². The zero-order chi connectivity index (χ0) is 31.6. The van der Waals surface area contributed by atoms with Gasteiger partial charge >= 0.3 is 5.97 Å². The van der Waals surface area contributed by atoms with Crippen molar-refractivity contribution in [3.05, 3.63) is 0 Å². The van der Waals surface area contributed by atoms with E-state index in [1.807, 2.05) is 13.8 Å². The molecule has 0 saturated carbocycles. The van der Waals surface area contributed by atoms with Gasteiger partial charge in [-0.3, -0.25) is 4.79 Å². The fourth-order valence-corrected chi connectivity index (χ4v) is 3.92. The fraction of sp³-hybridized carbons (Fsp3) is 0.971. The molecule has 0 radical (unpaired) electrons. The first-order chi connectivity index (χ1) is 20.6. The van der Waals surface area contributed by atoms with Crippen molar-refractivity contribution >= 4 is 5.97 Å². The van der Waals surface area contributed by atoms with Gasteiger partial charge in [-0.25, -0.2) is 0 Å². The van der Waals surface area contributed by atoms with Crippen LogP contribution in [0.3, 0.4) is 0 Å². The minimum atomic E-state index is -0.00172. The van der Waals surface area contributed by atoms with E-state index in [4.69, 9.17) is 33.9 Å². The molecule has 0 aliphatic carbocycles. The quantitative estimate of drug-likeness (QED) is 0.0611. The van der Waals surface area contributed by atoms with Gasteiger partial charge in [-0.2, -0.15) is 0 Å². The molecule has 0 fully saturated rings. The number of esters is 1. The van der Waals surface area contributed by atoms with Crippen LogP contribution in [0.2, 0.25) is 0 Å². The van der Waals surface area contributed by atoms with Crippen molar-refractivity contribution in [3.8, 4) is 0 Å². The van der Waals surface area contributed by atoms with Gasteiger partial charge in [0.15, 0.2) is 0 Å². The van der Waals surface area contributed by atoms with Gasteiger partial charge in [-0.05, 0) is 26.7 Å². The number of aliphatic hydroxyl groups excluding tert-OH is 2. The first-order valence-corrected chi connectivity index (χ1v) is 17.3. The van der Waals surface area contributed by atoms with Crippen LogP contribution in [0.4, 0.5) is 0 Å². The van der Waals surface area contributed by atoms with Gasteiger partial charge < -0.3 is 33.9 Å². The Hall–Kier alpha value is -0.770. The maximum absolute atomic E-state index is 11.4. The van der Waals surface area contributed by atoms with E-state index in [1.165, 1.54) is 89.9 Å². The molecule has 0 heterocycles. The maximum Gasteiger partial charge on any atom is 0.305 e. The number of ether oxygens (including phenoxy) is 5. The third kappa shape index (κ3) is 51.9. The molecule has 8 heteroatoms. The fourth-order valence-electron chi connectivity index (χ4n) is 3.92. The lowest BCUT2D eigenvalue weighted by atomic mass is 10.0. The minimum absolute atomic E-state index is 0.00172. The first-order valence-electron chi connectivity index (χ1n) is 17.3. The lowest BCUT2D eigenvalue weighted by Gasteiger charge is -2.04. The predicted molar refractivity (Wildman–Crippen MR) is 174 cm³/mol. The van der Waals surface area contributed by atoms with E-state index in [1.54, 1.807) is 0 Å². The Morgan fingerprint density at radius 3 is 1.12 bits per heavy atom. The van der Waals surface area contributed by atoms with E-state index < -0.39 is 0 Å². The molecule has 0 bridgehead atoms. The second-order valence-electron chi connectivity index (χ2n) is 10.3. The number of carbonyl (C=O) groups is 1.